The molecule has 0 saturated carbocycles. The van der Waals surface area contributed by atoms with Gasteiger partial charge in [-0.2, -0.15) is 22.0 Å². The normalized spacial score (nSPS) is 13.8. The van der Waals surface area contributed by atoms with Gasteiger partial charge in [0.25, 0.3) is 0 Å². The molecule has 0 amide bonds. The number of anilines is 1. The van der Waals surface area contributed by atoms with Crippen molar-refractivity contribution in [3.05, 3.63) is 65.1 Å². The number of nitrogens with zero attached hydrogens (tertiary/aromatic N) is 4. The van der Waals surface area contributed by atoms with Gasteiger partial charge in [-0.05, 0) is 79.2 Å². The zero-order valence-corrected chi connectivity index (χ0v) is 22.9. The van der Waals surface area contributed by atoms with E-state index in [2.05, 4.69) is 79.2 Å². The lowest BCUT2D eigenvalue weighted by atomic mass is 10.0. The first-order valence-electron chi connectivity index (χ1n) is 12.3. The molecule has 0 fully saturated rings. The first kappa shape index (κ1) is 30.2. The lowest BCUT2D eigenvalue weighted by molar-refractivity contribution is 0.899. The van der Waals surface area contributed by atoms with Crippen molar-refractivity contribution in [3.8, 4) is 6.19 Å². The number of nitrogens with two attached hydrogens (primary N) is 1. The van der Waals surface area contributed by atoms with Crippen LogP contribution in [-0.4, -0.2) is 33.4 Å². The number of rotatable bonds is 16. The van der Waals surface area contributed by atoms with Crippen molar-refractivity contribution >= 4 is 23.5 Å². The smallest absolute Gasteiger partial charge is 0.223 e. The molecule has 0 aliphatic heterocycles. The van der Waals surface area contributed by atoms with Gasteiger partial charge >= 0.3 is 0 Å². The van der Waals surface area contributed by atoms with Gasteiger partial charge in [0, 0.05) is 23.9 Å². The zero-order chi connectivity index (χ0) is 25.9. The van der Waals surface area contributed by atoms with E-state index in [1.54, 1.807) is 36.4 Å². The molecule has 1 heterocycles. The monoisotopic (exact) mass is 494 g/mol. The molecule has 1 aromatic heterocycles. The Labute approximate surface area is 216 Å². The number of allylic oxidation sites excluding steroid dienone is 7. The van der Waals surface area contributed by atoms with E-state index in [0.717, 1.165) is 44.3 Å². The Balaban J connectivity index is 2.37. The molecule has 0 spiro atoms. The number of aromatic nitrogens is 2. The maximum atomic E-state index is 8.83. The highest BCUT2D eigenvalue weighted by molar-refractivity contribution is 7.99. The lowest BCUT2D eigenvalue weighted by Crippen LogP contribution is -2.38. The molecule has 0 aromatic carbocycles. The molecular formula is C28H42N6S. The quantitative estimate of drug-likeness (QED) is 0.0846. The maximum absolute atomic E-state index is 8.83. The molecule has 0 aliphatic rings. The number of aliphatic imine (C=N–C) groups is 1. The maximum Gasteiger partial charge on any atom is 0.223 e. The summed E-state index contributed by atoms with van der Waals surface area (Å²) in [4.78, 5) is 12.0. The van der Waals surface area contributed by atoms with Gasteiger partial charge in [-0.15, -0.1) is 0 Å². The minimum absolute atomic E-state index is 0.242. The molecule has 0 aliphatic carbocycles. The highest BCUT2D eigenvalue weighted by Gasteiger charge is 2.14. The third-order valence-electron chi connectivity index (χ3n) is 5.39. The van der Waals surface area contributed by atoms with Crippen LogP contribution in [0, 0.1) is 11.5 Å². The van der Waals surface area contributed by atoms with Crippen LogP contribution in [0.15, 0.2) is 70.0 Å². The van der Waals surface area contributed by atoms with Crippen molar-refractivity contribution in [2.45, 2.75) is 79.2 Å². The summed E-state index contributed by atoms with van der Waals surface area (Å²) in [5.41, 5.74) is 11.7. The predicted octanol–water partition coefficient (Wildman–Crippen LogP) is 6.97. The predicted molar refractivity (Wildman–Crippen MR) is 152 cm³/mol. The van der Waals surface area contributed by atoms with E-state index in [1.165, 1.54) is 22.3 Å². The van der Waals surface area contributed by atoms with Crippen LogP contribution >= 0.6 is 11.8 Å². The van der Waals surface area contributed by atoms with Crippen LogP contribution in [0.25, 0.3) is 0 Å². The highest BCUT2D eigenvalue weighted by Crippen LogP contribution is 2.15. The minimum atomic E-state index is -0.300. The molecule has 0 saturated heterocycles. The van der Waals surface area contributed by atoms with Crippen molar-refractivity contribution in [2.75, 3.05) is 16.8 Å². The fourth-order valence-corrected chi connectivity index (χ4v) is 4.27. The van der Waals surface area contributed by atoms with Crippen molar-refractivity contribution in [1.29, 1.82) is 5.26 Å². The van der Waals surface area contributed by atoms with E-state index in [4.69, 9.17) is 11.0 Å². The van der Waals surface area contributed by atoms with Gasteiger partial charge in [0.15, 0.2) is 0 Å². The Hall–Kier alpha value is -2.85. The molecule has 1 unspecified atom stereocenters. The summed E-state index contributed by atoms with van der Waals surface area (Å²) >= 11 is 1.73. The number of thioether (sulfide) groups is 1. The highest BCUT2D eigenvalue weighted by atomic mass is 32.2. The third-order valence-corrected chi connectivity index (χ3v) is 6.37. The molecule has 35 heavy (non-hydrogen) atoms. The van der Waals surface area contributed by atoms with Crippen molar-refractivity contribution in [2.24, 2.45) is 10.7 Å². The summed E-state index contributed by atoms with van der Waals surface area (Å²) in [6.45, 7) is 11.0. The van der Waals surface area contributed by atoms with Gasteiger partial charge < -0.3 is 11.1 Å². The van der Waals surface area contributed by atoms with Crippen LogP contribution in [0.4, 0.5) is 5.95 Å². The Bertz CT molecular complexity index is 934. The van der Waals surface area contributed by atoms with E-state index in [9.17, 15) is 0 Å². The first-order chi connectivity index (χ1) is 16.8. The van der Waals surface area contributed by atoms with E-state index in [1.807, 2.05) is 0 Å². The van der Waals surface area contributed by atoms with Crippen LogP contribution in [0.1, 0.15) is 73.1 Å². The van der Waals surface area contributed by atoms with Crippen LogP contribution in [0.5, 0.6) is 0 Å². The molecule has 1 rings (SSSR count). The van der Waals surface area contributed by atoms with Crippen LogP contribution in [0.3, 0.4) is 0 Å². The fraction of sp³-hybridized carbons (Fsp3) is 0.500. The average Bonchev–Trinajstić information content (AvgIpc) is 2.81. The van der Waals surface area contributed by atoms with E-state index in [-0.39, 0.29) is 11.9 Å². The largest absolute Gasteiger partial charge is 0.385 e. The molecule has 0 bridgehead atoms. The number of nitriles is 1. The second-order valence-electron chi connectivity index (χ2n) is 8.99. The lowest BCUT2D eigenvalue weighted by Gasteiger charge is -2.16. The van der Waals surface area contributed by atoms with Gasteiger partial charge in [-0.1, -0.05) is 46.6 Å². The van der Waals surface area contributed by atoms with Gasteiger partial charge in [0.2, 0.25) is 12.1 Å². The minimum Gasteiger partial charge on any atom is -0.385 e. The third kappa shape index (κ3) is 15.6. The molecule has 3 N–H and O–H groups in total. The second kappa shape index (κ2) is 18.5. The SMILES string of the molecule is CC(C)=CCCC(C)=CCCC(C)=CCCC(C)=CCSCC(Nc1ncccn1)/C(N)=N/C#N. The number of nitrogens with one attached hydrogen (secondary N) is 1. The molecule has 7 heteroatoms. The summed E-state index contributed by atoms with van der Waals surface area (Å²) in [5.74, 6) is 2.25. The topological polar surface area (TPSA) is 100.0 Å². The van der Waals surface area contributed by atoms with Crippen LogP contribution in [0.2, 0.25) is 0 Å². The number of amidine groups is 1. The Kier molecular flexibility index (Phi) is 15.9. The number of hydrogen-bond acceptors (Lipinski definition) is 6. The van der Waals surface area contributed by atoms with Crippen molar-refractivity contribution in [3.63, 3.8) is 0 Å². The molecule has 0 radical (unpaired) electrons. The van der Waals surface area contributed by atoms with Crippen LogP contribution in [-0.2, 0) is 0 Å². The summed E-state index contributed by atoms with van der Waals surface area (Å²) < 4.78 is 0. The molecule has 190 valence electrons. The standard InChI is InChI=1S/C28H42N6S/c1-22(2)10-6-11-23(3)12-7-13-24(4)14-8-15-25(5)16-19-35-20-26(27(30)33-21-29)34-28-31-17-9-18-32-28/h9-10,12,14,16-18,26H,6-8,11,13,15,19-20H2,1-5H3,(H2,30,33)(H,31,32,34). The van der Waals surface area contributed by atoms with Gasteiger partial charge in [-0.25, -0.2) is 9.97 Å². The number of hydrogen-bond donors (Lipinski definition) is 2. The molecule has 1 aromatic rings. The Morgan fingerprint density at radius 1 is 0.971 bits per heavy atom. The summed E-state index contributed by atoms with van der Waals surface area (Å²) in [6.07, 6.45) is 21.1. The van der Waals surface area contributed by atoms with Crippen molar-refractivity contribution in [1.82, 2.24) is 9.97 Å². The second-order valence-corrected chi connectivity index (χ2v) is 10.1. The van der Waals surface area contributed by atoms with Gasteiger partial charge in [-0.3, -0.25) is 0 Å². The molecule has 6 nitrogen and oxygen atoms in total. The molecular weight excluding hydrogens is 452 g/mol. The van der Waals surface area contributed by atoms with Gasteiger partial charge in [0.05, 0.1) is 6.04 Å². The summed E-state index contributed by atoms with van der Waals surface area (Å²) in [6, 6.07) is 1.45. The average molecular weight is 495 g/mol. The zero-order valence-electron chi connectivity index (χ0n) is 22.1. The van der Waals surface area contributed by atoms with E-state index >= 15 is 0 Å². The molecule has 1 atom stereocenters. The van der Waals surface area contributed by atoms with Crippen LogP contribution < -0.4 is 11.1 Å². The van der Waals surface area contributed by atoms with E-state index < -0.39 is 0 Å². The summed E-state index contributed by atoms with van der Waals surface area (Å²) in [7, 11) is 0. The Morgan fingerprint density at radius 3 is 2.06 bits per heavy atom. The van der Waals surface area contributed by atoms with Gasteiger partial charge in [0.1, 0.15) is 5.84 Å². The summed E-state index contributed by atoms with van der Waals surface area (Å²) in [5, 5.41) is 12.0. The van der Waals surface area contributed by atoms with E-state index in [0.29, 0.717) is 11.7 Å². The Morgan fingerprint density at radius 2 is 1.51 bits per heavy atom. The first-order valence-corrected chi connectivity index (χ1v) is 13.4. The van der Waals surface area contributed by atoms with Crippen molar-refractivity contribution < 1.29 is 0 Å². The fourth-order valence-electron chi connectivity index (χ4n) is 3.24.